The maximum Gasteiger partial charge on any atom is 0.243 e. The van der Waals surface area contributed by atoms with Gasteiger partial charge in [-0.1, -0.05) is 36.4 Å². The van der Waals surface area contributed by atoms with Gasteiger partial charge in [0.2, 0.25) is 5.95 Å². The van der Waals surface area contributed by atoms with E-state index in [0.29, 0.717) is 12.5 Å². The summed E-state index contributed by atoms with van der Waals surface area (Å²) in [6, 6.07) is 16.0. The van der Waals surface area contributed by atoms with Crippen molar-refractivity contribution in [3.63, 3.8) is 0 Å². The third-order valence-corrected chi connectivity index (χ3v) is 3.80. The third-order valence-electron chi connectivity index (χ3n) is 3.80. The van der Waals surface area contributed by atoms with Crippen LogP contribution in [0.1, 0.15) is 11.4 Å². The van der Waals surface area contributed by atoms with Gasteiger partial charge in [-0.15, -0.1) is 5.10 Å². The molecule has 3 heterocycles. The smallest absolute Gasteiger partial charge is 0.243 e. The van der Waals surface area contributed by atoms with Crippen molar-refractivity contribution in [1.82, 2.24) is 24.6 Å². The number of nitrogens with one attached hydrogen (secondary N) is 1. The zero-order chi connectivity index (χ0) is 16.4. The zero-order valence-electron chi connectivity index (χ0n) is 13.2. The summed E-state index contributed by atoms with van der Waals surface area (Å²) in [5, 5.41) is 11.3. The average molecular weight is 316 g/mol. The molecular weight excluding hydrogens is 300 g/mol. The summed E-state index contributed by atoms with van der Waals surface area (Å²) in [5.41, 5.74) is 4.81. The van der Waals surface area contributed by atoms with Crippen molar-refractivity contribution in [3.05, 3.63) is 72.3 Å². The highest BCUT2D eigenvalue weighted by Gasteiger charge is 2.06. The van der Waals surface area contributed by atoms with Gasteiger partial charge in [-0.25, -0.2) is 9.97 Å². The van der Waals surface area contributed by atoms with Crippen LogP contribution in [0.25, 0.3) is 16.9 Å². The largest absolute Gasteiger partial charge is 0.347 e. The van der Waals surface area contributed by atoms with Gasteiger partial charge in [-0.3, -0.25) is 0 Å². The molecule has 1 N–H and O–H groups in total. The summed E-state index contributed by atoms with van der Waals surface area (Å²) in [5.74, 6) is 0.491. The van der Waals surface area contributed by atoms with Crippen molar-refractivity contribution in [1.29, 1.82) is 0 Å². The molecule has 0 fully saturated rings. The fourth-order valence-electron chi connectivity index (χ4n) is 2.58. The van der Waals surface area contributed by atoms with Crippen LogP contribution in [0.2, 0.25) is 0 Å². The molecular formula is C18H16N6. The van der Waals surface area contributed by atoms with E-state index in [-0.39, 0.29) is 0 Å². The topological polar surface area (TPSA) is 68.0 Å². The molecule has 3 aromatic heterocycles. The maximum atomic E-state index is 4.59. The minimum Gasteiger partial charge on any atom is -0.347 e. The second-order valence-corrected chi connectivity index (χ2v) is 5.51. The number of rotatable bonds is 4. The molecule has 1 aromatic carbocycles. The summed E-state index contributed by atoms with van der Waals surface area (Å²) in [4.78, 5) is 9.10. The molecule has 4 aromatic rings. The Hall–Kier alpha value is -3.28. The Kier molecular flexibility index (Phi) is 3.63. The van der Waals surface area contributed by atoms with Gasteiger partial charge >= 0.3 is 0 Å². The van der Waals surface area contributed by atoms with Crippen LogP contribution in [0.3, 0.4) is 0 Å². The van der Waals surface area contributed by atoms with E-state index in [9.17, 15) is 0 Å². The SMILES string of the molecule is Cc1cccc2nc(CNc3nncc(-c4ccccc4)n3)cn12. The first-order chi connectivity index (χ1) is 11.8. The number of fused-ring (bicyclic) bond motifs is 1. The van der Waals surface area contributed by atoms with E-state index in [1.165, 1.54) is 0 Å². The molecule has 0 amide bonds. The summed E-state index contributed by atoms with van der Waals surface area (Å²) >= 11 is 0. The standard InChI is InChI=1S/C18H16N6/c1-13-6-5-9-17-21-15(12-24(13)17)10-19-18-22-16(11-20-23-18)14-7-3-2-4-8-14/h2-9,11-12H,10H2,1H3,(H,19,22,23). The van der Waals surface area contributed by atoms with Crippen molar-refractivity contribution in [2.24, 2.45) is 0 Å². The molecule has 118 valence electrons. The van der Waals surface area contributed by atoms with Gasteiger partial charge in [-0.05, 0) is 19.1 Å². The Morgan fingerprint density at radius 1 is 1.00 bits per heavy atom. The highest BCUT2D eigenvalue weighted by atomic mass is 15.2. The van der Waals surface area contributed by atoms with E-state index in [4.69, 9.17) is 0 Å². The van der Waals surface area contributed by atoms with E-state index in [0.717, 1.165) is 28.3 Å². The number of benzene rings is 1. The molecule has 6 heteroatoms. The number of hydrogen-bond acceptors (Lipinski definition) is 5. The lowest BCUT2D eigenvalue weighted by molar-refractivity contribution is 0.939. The van der Waals surface area contributed by atoms with Crippen LogP contribution in [0.4, 0.5) is 5.95 Å². The van der Waals surface area contributed by atoms with Crippen LogP contribution in [-0.2, 0) is 6.54 Å². The highest BCUT2D eigenvalue weighted by Crippen LogP contribution is 2.16. The quantitative estimate of drug-likeness (QED) is 0.626. The molecule has 0 unspecified atom stereocenters. The Morgan fingerprint density at radius 3 is 2.71 bits per heavy atom. The summed E-state index contributed by atoms with van der Waals surface area (Å²) < 4.78 is 2.07. The fourth-order valence-corrected chi connectivity index (χ4v) is 2.58. The van der Waals surface area contributed by atoms with Gasteiger partial charge in [0.1, 0.15) is 5.65 Å². The van der Waals surface area contributed by atoms with Gasteiger partial charge in [0.05, 0.1) is 24.1 Å². The van der Waals surface area contributed by atoms with Gasteiger partial charge in [0, 0.05) is 17.5 Å². The summed E-state index contributed by atoms with van der Waals surface area (Å²) in [7, 11) is 0. The molecule has 0 atom stereocenters. The minimum atomic E-state index is 0.491. The van der Waals surface area contributed by atoms with Crippen molar-refractivity contribution >= 4 is 11.6 Å². The third kappa shape index (κ3) is 2.81. The predicted octanol–water partition coefficient (Wildman–Crippen LogP) is 3.11. The van der Waals surface area contributed by atoms with E-state index >= 15 is 0 Å². The lowest BCUT2D eigenvalue weighted by Crippen LogP contribution is -2.05. The first kappa shape index (κ1) is 14.3. The minimum absolute atomic E-state index is 0.491. The first-order valence-electron chi connectivity index (χ1n) is 7.72. The molecule has 24 heavy (non-hydrogen) atoms. The second-order valence-electron chi connectivity index (χ2n) is 5.51. The summed E-state index contributed by atoms with van der Waals surface area (Å²) in [6.45, 7) is 2.60. The zero-order valence-corrected chi connectivity index (χ0v) is 13.2. The van der Waals surface area contributed by atoms with Gasteiger partial charge in [0.25, 0.3) is 0 Å². The van der Waals surface area contributed by atoms with E-state index in [1.54, 1.807) is 6.20 Å². The molecule has 0 spiro atoms. The van der Waals surface area contributed by atoms with Crippen molar-refractivity contribution in [2.45, 2.75) is 13.5 Å². The number of anilines is 1. The molecule has 0 aliphatic rings. The van der Waals surface area contributed by atoms with Crippen LogP contribution in [0.5, 0.6) is 0 Å². The second kappa shape index (κ2) is 6.08. The normalized spacial score (nSPS) is 10.9. The van der Waals surface area contributed by atoms with Crippen molar-refractivity contribution in [3.8, 4) is 11.3 Å². The Bertz CT molecular complexity index is 977. The van der Waals surface area contributed by atoms with Crippen LogP contribution in [0.15, 0.2) is 60.9 Å². The lowest BCUT2D eigenvalue weighted by atomic mass is 10.2. The maximum absolute atomic E-state index is 4.59. The molecule has 0 radical (unpaired) electrons. The molecule has 0 aliphatic heterocycles. The monoisotopic (exact) mass is 316 g/mol. The molecule has 4 rings (SSSR count). The molecule has 0 aliphatic carbocycles. The number of aromatic nitrogens is 5. The van der Waals surface area contributed by atoms with Crippen LogP contribution in [0, 0.1) is 6.92 Å². The van der Waals surface area contributed by atoms with E-state index in [1.807, 2.05) is 48.7 Å². The van der Waals surface area contributed by atoms with Crippen LogP contribution >= 0.6 is 0 Å². The van der Waals surface area contributed by atoms with Crippen LogP contribution in [-0.4, -0.2) is 24.6 Å². The number of imidazole rings is 1. The number of hydrogen-bond donors (Lipinski definition) is 1. The molecule has 0 bridgehead atoms. The first-order valence-corrected chi connectivity index (χ1v) is 7.72. The van der Waals surface area contributed by atoms with Crippen molar-refractivity contribution < 1.29 is 0 Å². The predicted molar refractivity (Wildman–Crippen MR) is 92.5 cm³/mol. The Morgan fingerprint density at radius 2 is 1.88 bits per heavy atom. The van der Waals surface area contributed by atoms with Gasteiger partial charge < -0.3 is 9.72 Å². The molecule has 0 saturated heterocycles. The Balaban J connectivity index is 1.54. The van der Waals surface area contributed by atoms with Crippen LogP contribution < -0.4 is 5.32 Å². The van der Waals surface area contributed by atoms with Gasteiger partial charge in [-0.2, -0.15) is 5.10 Å². The van der Waals surface area contributed by atoms with Crippen molar-refractivity contribution in [2.75, 3.05) is 5.32 Å². The van der Waals surface area contributed by atoms with Gasteiger partial charge in [0.15, 0.2) is 0 Å². The number of pyridine rings is 1. The number of aryl methyl sites for hydroxylation is 1. The Labute approximate surface area is 139 Å². The highest BCUT2D eigenvalue weighted by molar-refractivity contribution is 5.58. The summed E-state index contributed by atoms with van der Waals surface area (Å²) in [6.07, 6.45) is 3.68. The fraction of sp³-hybridized carbons (Fsp3) is 0.111. The van der Waals surface area contributed by atoms with E-state index in [2.05, 4.69) is 42.9 Å². The average Bonchev–Trinajstić information content (AvgIpc) is 3.06. The molecule has 0 saturated carbocycles. The van der Waals surface area contributed by atoms with E-state index < -0.39 is 0 Å². The lowest BCUT2D eigenvalue weighted by Gasteiger charge is -2.04. The number of nitrogens with zero attached hydrogens (tertiary/aromatic N) is 5. The molecule has 6 nitrogen and oxygen atoms in total.